The Hall–Kier alpha value is -5.20. The molecular weight excluding hydrogens is 576 g/mol. The van der Waals surface area contributed by atoms with Crippen molar-refractivity contribution in [2.45, 2.75) is 36.8 Å². The van der Waals surface area contributed by atoms with Gasteiger partial charge in [-0.3, -0.25) is 0 Å². The zero-order chi connectivity index (χ0) is 31.4. The summed E-state index contributed by atoms with van der Waals surface area (Å²) in [5, 5.41) is 85.3. The first-order valence-electron chi connectivity index (χ1n) is 13.6. The lowest BCUT2D eigenvalue weighted by Crippen LogP contribution is -2.37. The Balaban J connectivity index is 1.58. The van der Waals surface area contributed by atoms with Crippen LogP contribution in [-0.2, 0) is 6.42 Å². The first-order valence-corrected chi connectivity index (χ1v) is 13.6. The fraction of sp³-hybridized carbons (Fsp3) is 0.250. The van der Waals surface area contributed by atoms with Gasteiger partial charge in [0.2, 0.25) is 0 Å². The van der Waals surface area contributed by atoms with E-state index in [4.69, 9.17) is 18.9 Å². The van der Waals surface area contributed by atoms with E-state index in [0.717, 1.165) is 0 Å². The summed E-state index contributed by atoms with van der Waals surface area (Å²) < 4.78 is 23.5. The Morgan fingerprint density at radius 1 is 0.636 bits per heavy atom. The van der Waals surface area contributed by atoms with Crippen molar-refractivity contribution in [1.29, 1.82) is 0 Å². The van der Waals surface area contributed by atoms with Crippen molar-refractivity contribution in [3.8, 4) is 57.5 Å². The summed E-state index contributed by atoms with van der Waals surface area (Å²) in [7, 11) is 2.76. The van der Waals surface area contributed by atoms with Crippen LogP contribution < -0.4 is 18.9 Å². The van der Waals surface area contributed by atoms with Crippen LogP contribution in [-0.4, -0.2) is 67.3 Å². The molecule has 4 aromatic carbocycles. The van der Waals surface area contributed by atoms with E-state index < -0.39 is 41.8 Å². The number of aliphatic hydroxyl groups excluding tert-OH is 2. The predicted molar refractivity (Wildman–Crippen MR) is 153 cm³/mol. The van der Waals surface area contributed by atoms with Gasteiger partial charge in [0.1, 0.15) is 46.7 Å². The number of hydrogen-bond acceptors (Lipinski definition) is 12. The smallest absolute Gasteiger partial charge is 0.157 e. The molecule has 0 bridgehead atoms. The lowest BCUT2D eigenvalue weighted by Gasteiger charge is -2.40. The van der Waals surface area contributed by atoms with Gasteiger partial charge in [0.05, 0.1) is 26.2 Å². The Bertz CT molecular complexity index is 1750. The predicted octanol–water partition coefficient (Wildman–Crippen LogP) is 3.60. The highest BCUT2D eigenvalue weighted by atomic mass is 16.5. The molecule has 4 aromatic rings. The highest BCUT2D eigenvalue weighted by molar-refractivity contribution is 5.66. The molecule has 2 heterocycles. The van der Waals surface area contributed by atoms with Gasteiger partial charge in [-0.25, -0.2) is 0 Å². The topological polar surface area (TPSA) is 199 Å². The lowest BCUT2D eigenvalue weighted by molar-refractivity contribution is 0.00115. The summed E-state index contributed by atoms with van der Waals surface area (Å²) >= 11 is 0. The van der Waals surface area contributed by atoms with Crippen LogP contribution in [0.5, 0.6) is 57.5 Å². The Labute approximate surface area is 250 Å². The van der Waals surface area contributed by atoms with E-state index in [1.54, 1.807) is 0 Å². The van der Waals surface area contributed by atoms with Crippen LogP contribution in [0.25, 0.3) is 0 Å². The molecule has 0 spiro atoms. The number of fused-ring (bicyclic) bond motifs is 2. The molecule has 44 heavy (non-hydrogen) atoms. The number of phenolic OH excluding ortho intramolecular Hbond substituents is 6. The van der Waals surface area contributed by atoms with Crippen LogP contribution in [0.1, 0.15) is 45.9 Å². The first-order chi connectivity index (χ1) is 21.0. The van der Waals surface area contributed by atoms with E-state index in [9.17, 15) is 40.9 Å². The van der Waals surface area contributed by atoms with Crippen LogP contribution in [0.4, 0.5) is 0 Å². The largest absolute Gasteiger partial charge is 0.507 e. The van der Waals surface area contributed by atoms with E-state index in [-0.39, 0.29) is 69.1 Å². The highest BCUT2D eigenvalue weighted by Gasteiger charge is 2.46. The fourth-order valence-corrected chi connectivity index (χ4v) is 5.97. The Morgan fingerprint density at radius 2 is 1.27 bits per heavy atom. The summed E-state index contributed by atoms with van der Waals surface area (Å²) in [6, 6.07) is 12.1. The van der Waals surface area contributed by atoms with Gasteiger partial charge in [-0.15, -0.1) is 0 Å². The SMILES string of the molecule is COc1cc(O)c2c(c1)O[C@H](c1ccc(O)c(O)c1)[C@H](O)C2c1c(OC)cc(O)c2c1O[C@H](c1ccc(O)c(O)c1)C(O)C2. The maximum atomic E-state index is 12.0. The van der Waals surface area contributed by atoms with Crippen molar-refractivity contribution in [2.75, 3.05) is 14.2 Å². The molecule has 0 aromatic heterocycles. The van der Waals surface area contributed by atoms with Crippen molar-refractivity contribution in [3.05, 3.63) is 82.4 Å². The quantitative estimate of drug-likeness (QED) is 0.154. The number of hydrogen-bond donors (Lipinski definition) is 8. The summed E-state index contributed by atoms with van der Waals surface area (Å²) in [5.41, 5.74) is 1.19. The van der Waals surface area contributed by atoms with Gasteiger partial charge in [0.15, 0.2) is 29.1 Å². The van der Waals surface area contributed by atoms with Crippen LogP contribution in [0.2, 0.25) is 0 Å². The maximum Gasteiger partial charge on any atom is 0.157 e. The average molecular weight is 607 g/mol. The monoisotopic (exact) mass is 606 g/mol. The van der Waals surface area contributed by atoms with Crippen LogP contribution in [0.3, 0.4) is 0 Å². The minimum absolute atomic E-state index is 0.0594. The number of phenols is 6. The minimum Gasteiger partial charge on any atom is -0.507 e. The van der Waals surface area contributed by atoms with E-state index in [0.29, 0.717) is 11.1 Å². The standard InChI is InChI=1S/C32H30O12/c1-41-15-9-22(38)26-25(10-15)43-31(14-4-6-18(34)21(37)8-14)29(40)28(26)27-24(42-2)12-19(35)16-11-23(39)30(44-32(16)27)13-3-5-17(33)20(36)7-13/h3-10,12,23,28-31,33-40H,11H2,1-2H3/t23?,28?,29-,30-,31-/m1/s1. The van der Waals surface area contributed by atoms with E-state index in [1.165, 1.54) is 68.8 Å². The lowest BCUT2D eigenvalue weighted by atomic mass is 9.77. The number of aliphatic hydroxyl groups is 2. The molecule has 0 amide bonds. The van der Waals surface area contributed by atoms with Gasteiger partial charge in [-0.2, -0.15) is 0 Å². The molecular formula is C32H30O12. The molecule has 0 aliphatic carbocycles. The van der Waals surface area contributed by atoms with Crippen molar-refractivity contribution in [1.82, 2.24) is 0 Å². The summed E-state index contributed by atoms with van der Waals surface area (Å²) in [6.07, 6.45) is -4.99. The molecule has 8 N–H and O–H groups in total. The molecule has 6 rings (SSSR count). The van der Waals surface area contributed by atoms with Crippen molar-refractivity contribution < 1.29 is 59.8 Å². The number of benzene rings is 4. The highest BCUT2D eigenvalue weighted by Crippen LogP contribution is 2.57. The molecule has 0 saturated carbocycles. The average Bonchev–Trinajstić information content (AvgIpc) is 3.00. The first kappa shape index (κ1) is 28.9. The molecule has 0 fully saturated rings. The van der Waals surface area contributed by atoms with E-state index in [1.807, 2.05) is 0 Å². The molecule has 2 aliphatic heterocycles. The number of rotatable bonds is 5. The van der Waals surface area contributed by atoms with Crippen LogP contribution in [0.15, 0.2) is 54.6 Å². The number of ether oxygens (including phenoxy) is 4. The summed E-state index contributed by atoms with van der Waals surface area (Å²) in [4.78, 5) is 0. The van der Waals surface area contributed by atoms with Crippen molar-refractivity contribution in [3.63, 3.8) is 0 Å². The zero-order valence-electron chi connectivity index (χ0n) is 23.5. The van der Waals surface area contributed by atoms with Crippen LogP contribution >= 0.6 is 0 Å². The molecule has 12 nitrogen and oxygen atoms in total. The van der Waals surface area contributed by atoms with Crippen molar-refractivity contribution in [2.24, 2.45) is 0 Å². The minimum atomic E-state index is -1.47. The molecule has 2 aliphatic rings. The third-order valence-electron chi connectivity index (χ3n) is 8.10. The third-order valence-corrected chi connectivity index (χ3v) is 8.10. The van der Waals surface area contributed by atoms with E-state index in [2.05, 4.69) is 0 Å². The summed E-state index contributed by atoms with van der Waals surface area (Å²) in [6.45, 7) is 0. The molecule has 12 heteroatoms. The van der Waals surface area contributed by atoms with Gasteiger partial charge in [0.25, 0.3) is 0 Å². The Morgan fingerprint density at radius 3 is 1.86 bits per heavy atom. The summed E-state index contributed by atoms with van der Waals surface area (Å²) in [5.74, 6) is -2.72. The zero-order valence-corrected chi connectivity index (χ0v) is 23.5. The normalized spacial score (nSPS) is 22.2. The molecule has 230 valence electrons. The second-order valence-electron chi connectivity index (χ2n) is 10.7. The maximum absolute atomic E-state index is 12.0. The van der Waals surface area contributed by atoms with Gasteiger partial charge >= 0.3 is 0 Å². The second-order valence-corrected chi connectivity index (χ2v) is 10.7. The third kappa shape index (κ3) is 4.64. The second kappa shape index (κ2) is 10.8. The molecule has 0 saturated heterocycles. The number of methoxy groups -OCH3 is 2. The molecule has 0 radical (unpaired) electrons. The van der Waals surface area contributed by atoms with Gasteiger partial charge in [0, 0.05) is 41.3 Å². The molecule has 2 unspecified atom stereocenters. The van der Waals surface area contributed by atoms with Gasteiger partial charge < -0.3 is 59.8 Å². The van der Waals surface area contributed by atoms with Crippen molar-refractivity contribution >= 4 is 0 Å². The number of aromatic hydroxyl groups is 6. The van der Waals surface area contributed by atoms with Gasteiger partial charge in [-0.05, 0) is 35.4 Å². The Kier molecular flexibility index (Phi) is 7.10. The molecule has 5 atom stereocenters. The fourth-order valence-electron chi connectivity index (χ4n) is 5.97. The van der Waals surface area contributed by atoms with Gasteiger partial charge in [-0.1, -0.05) is 12.1 Å². The van der Waals surface area contributed by atoms with Crippen LogP contribution in [0, 0.1) is 0 Å². The van der Waals surface area contributed by atoms with E-state index >= 15 is 0 Å².